The molecule has 1 fully saturated rings. The normalized spacial score (nSPS) is 20.3. The lowest BCUT2D eigenvalue weighted by Crippen LogP contribution is -2.50. The van der Waals surface area contributed by atoms with Crippen LogP contribution in [0.4, 0.5) is 4.39 Å². The first-order valence-corrected chi connectivity index (χ1v) is 8.00. The molecule has 0 bridgehead atoms. The lowest BCUT2D eigenvalue weighted by molar-refractivity contribution is -0.126. The highest BCUT2D eigenvalue weighted by Gasteiger charge is 2.30. The van der Waals surface area contributed by atoms with Crippen LogP contribution in [0, 0.1) is 5.82 Å². The van der Waals surface area contributed by atoms with Crippen LogP contribution < -0.4 is 10.6 Å². The molecule has 0 aromatic heterocycles. The lowest BCUT2D eigenvalue weighted by Gasteiger charge is -2.33. The maximum absolute atomic E-state index is 13.7. The third-order valence-electron chi connectivity index (χ3n) is 4.22. The second-order valence-corrected chi connectivity index (χ2v) is 5.94. The summed E-state index contributed by atoms with van der Waals surface area (Å²) < 4.78 is 13.7. The molecule has 0 aliphatic carbocycles. The number of carbonyl (C=O) groups is 2. The van der Waals surface area contributed by atoms with Crippen LogP contribution in [-0.4, -0.2) is 17.9 Å². The van der Waals surface area contributed by atoms with E-state index in [1.807, 2.05) is 30.3 Å². The van der Waals surface area contributed by atoms with Crippen molar-refractivity contribution in [2.24, 2.45) is 0 Å². The average Bonchev–Trinajstić information content (AvgIpc) is 2.59. The number of amides is 2. The highest BCUT2D eigenvalue weighted by Crippen LogP contribution is 2.24. The molecule has 1 heterocycles. The summed E-state index contributed by atoms with van der Waals surface area (Å²) in [6, 6.07) is 15.3. The van der Waals surface area contributed by atoms with E-state index < -0.39 is 0 Å². The Morgan fingerprint density at radius 2 is 1.83 bits per heavy atom. The Labute approximate surface area is 140 Å². The molecule has 2 aromatic rings. The SMILES string of the molecule is O=C(Cc1ccccc1F)N[C@@H]1CCC(=O)N[C@H]1c1ccccc1. The monoisotopic (exact) mass is 326 g/mol. The summed E-state index contributed by atoms with van der Waals surface area (Å²) in [5.74, 6) is -0.658. The Balaban J connectivity index is 1.71. The van der Waals surface area contributed by atoms with Crippen molar-refractivity contribution in [2.75, 3.05) is 0 Å². The molecule has 2 aromatic carbocycles. The van der Waals surface area contributed by atoms with E-state index in [1.165, 1.54) is 6.07 Å². The summed E-state index contributed by atoms with van der Waals surface area (Å²) >= 11 is 0. The van der Waals surface area contributed by atoms with Crippen LogP contribution >= 0.6 is 0 Å². The predicted molar refractivity (Wildman–Crippen MR) is 88.6 cm³/mol. The number of carbonyl (C=O) groups excluding carboxylic acids is 2. The molecule has 2 atom stereocenters. The molecule has 1 saturated heterocycles. The predicted octanol–water partition coefficient (Wildman–Crippen LogP) is 2.50. The molecule has 124 valence electrons. The van der Waals surface area contributed by atoms with Gasteiger partial charge in [-0.3, -0.25) is 9.59 Å². The molecule has 0 spiro atoms. The van der Waals surface area contributed by atoms with E-state index in [2.05, 4.69) is 10.6 Å². The maximum atomic E-state index is 13.7. The van der Waals surface area contributed by atoms with Crippen molar-refractivity contribution in [2.45, 2.75) is 31.3 Å². The Kier molecular flexibility index (Phi) is 4.89. The van der Waals surface area contributed by atoms with Gasteiger partial charge in [-0.15, -0.1) is 0 Å². The number of rotatable bonds is 4. The molecule has 1 aliphatic heterocycles. The van der Waals surface area contributed by atoms with Crippen molar-refractivity contribution in [1.29, 1.82) is 0 Å². The van der Waals surface area contributed by atoms with E-state index in [-0.39, 0.29) is 36.1 Å². The topological polar surface area (TPSA) is 58.2 Å². The summed E-state index contributed by atoms with van der Waals surface area (Å²) in [4.78, 5) is 24.0. The van der Waals surface area contributed by atoms with E-state index in [0.29, 0.717) is 18.4 Å². The third kappa shape index (κ3) is 3.79. The molecule has 2 N–H and O–H groups in total. The van der Waals surface area contributed by atoms with Crippen LogP contribution in [0.25, 0.3) is 0 Å². The van der Waals surface area contributed by atoms with Crippen molar-refractivity contribution < 1.29 is 14.0 Å². The largest absolute Gasteiger partial charge is 0.351 e. The number of piperidine rings is 1. The van der Waals surface area contributed by atoms with Crippen LogP contribution in [0.3, 0.4) is 0 Å². The van der Waals surface area contributed by atoms with Gasteiger partial charge < -0.3 is 10.6 Å². The molecule has 1 aliphatic rings. The summed E-state index contributed by atoms with van der Waals surface area (Å²) in [6.07, 6.45) is 0.918. The van der Waals surface area contributed by atoms with E-state index in [4.69, 9.17) is 0 Å². The number of nitrogens with one attached hydrogen (secondary N) is 2. The molecule has 2 amide bonds. The fourth-order valence-electron chi connectivity index (χ4n) is 3.00. The summed E-state index contributed by atoms with van der Waals surface area (Å²) in [7, 11) is 0. The third-order valence-corrected chi connectivity index (χ3v) is 4.22. The van der Waals surface area contributed by atoms with Crippen molar-refractivity contribution in [3.8, 4) is 0 Å². The molecule has 3 rings (SSSR count). The Bertz CT molecular complexity index is 733. The van der Waals surface area contributed by atoms with Crippen LogP contribution in [0.2, 0.25) is 0 Å². The molecular formula is C19H19FN2O2. The van der Waals surface area contributed by atoms with Gasteiger partial charge in [0, 0.05) is 6.42 Å². The van der Waals surface area contributed by atoms with E-state index in [0.717, 1.165) is 5.56 Å². The summed E-state index contributed by atoms with van der Waals surface area (Å²) in [6.45, 7) is 0. The van der Waals surface area contributed by atoms with E-state index in [1.54, 1.807) is 18.2 Å². The van der Waals surface area contributed by atoms with Crippen LogP contribution in [-0.2, 0) is 16.0 Å². The molecule has 0 unspecified atom stereocenters. The fourth-order valence-corrected chi connectivity index (χ4v) is 3.00. The van der Waals surface area contributed by atoms with Gasteiger partial charge in [0.2, 0.25) is 11.8 Å². The number of hydrogen-bond acceptors (Lipinski definition) is 2. The Hall–Kier alpha value is -2.69. The molecule has 0 radical (unpaired) electrons. The molecule has 5 heteroatoms. The Morgan fingerprint density at radius 1 is 1.12 bits per heavy atom. The van der Waals surface area contributed by atoms with Gasteiger partial charge in [0.25, 0.3) is 0 Å². The van der Waals surface area contributed by atoms with Gasteiger partial charge in [-0.1, -0.05) is 48.5 Å². The average molecular weight is 326 g/mol. The van der Waals surface area contributed by atoms with Crippen molar-refractivity contribution >= 4 is 11.8 Å². The minimum atomic E-state index is -0.385. The molecule has 4 nitrogen and oxygen atoms in total. The molecule has 24 heavy (non-hydrogen) atoms. The molecular weight excluding hydrogens is 307 g/mol. The van der Waals surface area contributed by atoms with Crippen molar-refractivity contribution in [3.63, 3.8) is 0 Å². The fraction of sp³-hybridized carbons (Fsp3) is 0.263. The van der Waals surface area contributed by atoms with Gasteiger partial charge in [0.15, 0.2) is 0 Å². The smallest absolute Gasteiger partial charge is 0.224 e. The van der Waals surface area contributed by atoms with Gasteiger partial charge in [0.05, 0.1) is 18.5 Å². The lowest BCUT2D eigenvalue weighted by atomic mass is 9.91. The van der Waals surface area contributed by atoms with E-state index >= 15 is 0 Å². The first-order valence-electron chi connectivity index (χ1n) is 8.00. The second-order valence-electron chi connectivity index (χ2n) is 5.94. The van der Waals surface area contributed by atoms with Gasteiger partial charge in [-0.05, 0) is 23.6 Å². The zero-order valence-corrected chi connectivity index (χ0v) is 13.2. The standard InChI is InChI=1S/C19H19FN2O2/c20-15-9-5-4-8-14(15)12-18(24)21-16-10-11-17(23)22-19(16)13-6-2-1-3-7-13/h1-9,16,19H,10-12H2,(H,21,24)(H,22,23)/t16-,19+/m1/s1. The van der Waals surface area contributed by atoms with Gasteiger partial charge >= 0.3 is 0 Å². The van der Waals surface area contributed by atoms with Crippen molar-refractivity contribution in [1.82, 2.24) is 10.6 Å². The number of hydrogen-bond donors (Lipinski definition) is 2. The number of benzene rings is 2. The van der Waals surface area contributed by atoms with Crippen molar-refractivity contribution in [3.05, 3.63) is 71.5 Å². The van der Waals surface area contributed by atoms with Crippen LogP contribution in [0.1, 0.15) is 30.0 Å². The quantitative estimate of drug-likeness (QED) is 0.907. The van der Waals surface area contributed by atoms with Gasteiger partial charge in [-0.2, -0.15) is 0 Å². The maximum Gasteiger partial charge on any atom is 0.224 e. The highest BCUT2D eigenvalue weighted by atomic mass is 19.1. The highest BCUT2D eigenvalue weighted by molar-refractivity contribution is 5.81. The minimum Gasteiger partial charge on any atom is -0.351 e. The Morgan fingerprint density at radius 3 is 2.58 bits per heavy atom. The van der Waals surface area contributed by atoms with E-state index in [9.17, 15) is 14.0 Å². The first-order chi connectivity index (χ1) is 11.6. The second kappa shape index (κ2) is 7.25. The van der Waals surface area contributed by atoms with Gasteiger partial charge in [0.1, 0.15) is 5.82 Å². The van der Waals surface area contributed by atoms with Crippen LogP contribution in [0.5, 0.6) is 0 Å². The first kappa shape index (κ1) is 16.2. The minimum absolute atomic E-state index is 0.0152. The zero-order valence-electron chi connectivity index (χ0n) is 13.2. The van der Waals surface area contributed by atoms with Gasteiger partial charge in [-0.25, -0.2) is 4.39 Å². The summed E-state index contributed by atoms with van der Waals surface area (Å²) in [5.41, 5.74) is 1.31. The van der Waals surface area contributed by atoms with Crippen LogP contribution in [0.15, 0.2) is 54.6 Å². The summed E-state index contributed by atoms with van der Waals surface area (Å²) in [5, 5.41) is 5.88. The zero-order chi connectivity index (χ0) is 16.9. The molecule has 0 saturated carbocycles. The number of halogens is 1.